The van der Waals surface area contributed by atoms with E-state index in [0.717, 1.165) is 0 Å². The Bertz CT molecular complexity index is 372. The van der Waals surface area contributed by atoms with Gasteiger partial charge in [-0.2, -0.15) is 0 Å². The Hall–Kier alpha value is -1.73. The molecule has 0 spiro atoms. The predicted octanol–water partition coefficient (Wildman–Crippen LogP) is 0.435. The van der Waals surface area contributed by atoms with E-state index >= 15 is 0 Å². The van der Waals surface area contributed by atoms with Crippen LogP contribution in [0, 0.1) is 10.1 Å². The molecule has 1 aromatic rings. The number of methoxy groups -OCH3 is 1. The van der Waals surface area contributed by atoms with Crippen LogP contribution < -0.4 is 4.90 Å². The number of rotatable bonds is 7. The molecule has 1 N–H and O–H groups in total. The number of aromatic nitrogens is 1. The molecule has 7 heteroatoms. The summed E-state index contributed by atoms with van der Waals surface area (Å²) in [5, 5.41) is 19.6. The van der Waals surface area contributed by atoms with Crippen molar-refractivity contribution in [3.05, 3.63) is 28.4 Å². The maximum Gasteiger partial charge on any atom is 0.274 e. The van der Waals surface area contributed by atoms with Crippen molar-refractivity contribution in [2.24, 2.45) is 0 Å². The third-order valence-electron chi connectivity index (χ3n) is 2.20. The Morgan fingerprint density at radius 1 is 1.59 bits per heavy atom. The fourth-order valence-electron chi connectivity index (χ4n) is 1.36. The summed E-state index contributed by atoms with van der Waals surface area (Å²) >= 11 is 0. The Morgan fingerprint density at radius 3 is 2.94 bits per heavy atom. The minimum Gasteiger partial charge on any atom is -0.395 e. The second kappa shape index (κ2) is 6.77. The molecule has 0 aliphatic rings. The summed E-state index contributed by atoms with van der Waals surface area (Å²) in [6.07, 6.45) is 1.38. The number of aliphatic hydroxyl groups is 1. The molecule has 1 heterocycles. The van der Waals surface area contributed by atoms with Gasteiger partial charge in [-0.1, -0.05) is 0 Å². The van der Waals surface area contributed by atoms with E-state index in [2.05, 4.69) is 4.98 Å². The second-order valence-electron chi connectivity index (χ2n) is 3.33. The van der Waals surface area contributed by atoms with Gasteiger partial charge in [-0.3, -0.25) is 10.1 Å². The predicted molar refractivity (Wildman–Crippen MR) is 62.1 cm³/mol. The number of anilines is 1. The molecular weight excluding hydrogens is 226 g/mol. The van der Waals surface area contributed by atoms with Crippen LogP contribution in [0.25, 0.3) is 0 Å². The lowest BCUT2D eigenvalue weighted by atomic mass is 10.3. The Kier molecular flexibility index (Phi) is 5.31. The third-order valence-corrected chi connectivity index (χ3v) is 2.20. The zero-order valence-corrected chi connectivity index (χ0v) is 9.57. The highest BCUT2D eigenvalue weighted by Gasteiger charge is 2.12. The average Bonchev–Trinajstić information content (AvgIpc) is 2.34. The van der Waals surface area contributed by atoms with Crippen molar-refractivity contribution in [2.45, 2.75) is 0 Å². The first kappa shape index (κ1) is 13.3. The summed E-state index contributed by atoms with van der Waals surface area (Å²) in [6.45, 7) is 1.29. The van der Waals surface area contributed by atoms with E-state index in [9.17, 15) is 10.1 Å². The van der Waals surface area contributed by atoms with Gasteiger partial charge in [0.2, 0.25) is 0 Å². The molecule has 0 aliphatic heterocycles. The van der Waals surface area contributed by atoms with E-state index in [-0.39, 0.29) is 12.3 Å². The molecule has 17 heavy (non-hydrogen) atoms. The smallest absolute Gasteiger partial charge is 0.274 e. The van der Waals surface area contributed by atoms with E-state index in [0.29, 0.717) is 25.5 Å². The monoisotopic (exact) mass is 241 g/mol. The average molecular weight is 241 g/mol. The highest BCUT2D eigenvalue weighted by Crippen LogP contribution is 2.17. The highest BCUT2D eigenvalue weighted by atomic mass is 16.6. The lowest BCUT2D eigenvalue weighted by Gasteiger charge is -2.21. The lowest BCUT2D eigenvalue weighted by molar-refractivity contribution is -0.384. The van der Waals surface area contributed by atoms with Gasteiger partial charge >= 0.3 is 0 Å². The Morgan fingerprint density at radius 2 is 2.35 bits per heavy atom. The normalized spacial score (nSPS) is 10.2. The van der Waals surface area contributed by atoms with E-state index in [1.807, 2.05) is 0 Å². The van der Waals surface area contributed by atoms with E-state index in [4.69, 9.17) is 9.84 Å². The molecule has 7 nitrogen and oxygen atoms in total. The van der Waals surface area contributed by atoms with E-state index in [1.54, 1.807) is 12.0 Å². The summed E-state index contributed by atoms with van der Waals surface area (Å²) in [6, 6.07) is 2.71. The van der Waals surface area contributed by atoms with Gasteiger partial charge in [0.05, 0.1) is 24.2 Å². The molecule has 0 fully saturated rings. The summed E-state index contributed by atoms with van der Waals surface area (Å²) < 4.78 is 4.93. The van der Waals surface area contributed by atoms with Crippen molar-refractivity contribution >= 4 is 11.5 Å². The van der Waals surface area contributed by atoms with Crippen molar-refractivity contribution < 1.29 is 14.8 Å². The van der Waals surface area contributed by atoms with Crippen LogP contribution in [-0.4, -0.2) is 48.4 Å². The lowest BCUT2D eigenvalue weighted by Crippen LogP contribution is -2.30. The minimum atomic E-state index is -0.474. The summed E-state index contributed by atoms with van der Waals surface area (Å²) in [4.78, 5) is 15.9. The van der Waals surface area contributed by atoms with Gasteiger partial charge in [0.1, 0.15) is 5.82 Å². The molecule has 0 unspecified atom stereocenters. The van der Waals surface area contributed by atoms with Crippen LogP contribution in [0.3, 0.4) is 0 Å². The largest absolute Gasteiger partial charge is 0.395 e. The fraction of sp³-hybridized carbons (Fsp3) is 0.500. The number of pyridine rings is 1. The van der Waals surface area contributed by atoms with Crippen LogP contribution in [0.1, 0.15) is 0 Å². The van der Waals surface area contributed by atoms with Crippen LogP contribution in [0.5, 0.6) is 0 Å². The first-order valence-electron chi connectivity index (χ1n) is 5.14. The van der Waals surface area contributed by atoms with Crippen molar-refractivity contribution in [1.82, 2.24) is 4.98 Å². The molecule has 0 atom stereocenters. The maximum absolute atomic E-state index is 10.6. The maximum atomic E-state index is 10.6. The summed E-state index contributed by atoms with van der Waals surface area (Å²) in [5.74, 6) is 0.463. The first-order chi connectivity index (χ1) is 8.19. The van der Waals surface area contributed by atoms with Crippen molar-refractivity contribution in [3.63, 3.8) is 0 Å². The fourth-order valence-corrected chi connectivity index (χ4v) is 1.36. The third kappa shape index (κ3) is 3.97. The molecule has 1 aromatic heterocycles. The van der Waals surface area contributed by atoms with Gasteiger partial charge in [0, 0.05) is 32.5 Å². The van der Waals surface area contributed by atoms with E-state index in [1.165, 1.54) is 18.3 Å². The van der Waals surface area contributed by atoms with Crippen molar-refractivity contribution in [2.75, 3.05) is 38.3 Å². The van der Waals surface area contributed by atoms with Crippen LogP contribution in [0.2, 0.25) is 0 Å². The SMILES string of the molecule is COCCN(CCO)c1cc([N+](=O)[O-])ccn1. The van der Waals surface area contributed by atoms with Gasteiger partial charge in [-0.05, 0) is 0 Å². The molecule has 1 rings (SSSR count). The number of ether oxygens (including phenoxy) is 1. The molecule has 0 radical (unpaired) electrons. The van der Waals surface area contributed by atoms with Gasteiger partial charge in [-0.25, -0.2) is 4.98 Å². The standard InChI is InChI=1S/C10H15N3O4/c1-17-7-5-12(4-6-14)10-8-9(13(15)16)2-3-11-10/h2-3,8,14H,4-7H2,1H3. The summed E-state index contributed by atoms with van der Waals surface area (Å²) in [5.41, 5.74) is -0.0182. The molecule has 0 bridgehead atoms. The number of aliphatic hydroxyl groups excluding tert-OH is 1. The minimum absolute atomic E-state index is 0.0182. The van der Waals surface area contributed by atoms with Gasteiger partial charge in [-0.15, -0.1) is 0 Å². The molecule has 0 aliphatic carbocycles. The number of nitro groups is 1. The Labute approximate surface area is 98.8 Å². The quantitative estimate of drug-likeness (QED) is 0.550. The van der Waals surface area contributed by atoms with Crippen LogP contribution in [0.15, 0.2) is 18.3 Å². The molecular formula is C10H15N3O4. The van der Waals surface area contributed by atoms with E-state index < -0.39 is 4.92 Å². The number of hydrogen-bond acceptors (Lipinski definition) is 6. The molecule has 0 saturated carbocycles. The second-order valence-corrected chi connectivity index (χ2v) is 3.33. The van der Waals surface area contributed by atoms with Crippen LogP contribution in [-0.2, 0) is 4.74 Å². The van der Waals surface area contributed by atoms with Gasteiger partial charge in [0.15, 0.2) is 0 Å². The highest BCUT2D eigenvalue weighted by molar-refractivity contribution is 5.46. The number of nitrogens with zero attached hydrogens (tertiary/aromatic N) is 3. The molecule has 0 saturated heterocycles. The van der Waals surface area contributed by atoms with Gasteiger partial charge in [0.25, 0.3) is 5.69 Å². The zero-order chi connectivity index (χ0) is 12.7. The van der Waals surface area contributed by atoms with Crippen LogP contribution in [0.4, 0.5) is 11.5 Å². The van der Waals surface area contributed by atoms with Crippen molar-refractivity contribution in [3.8, 4) is 0 Å². The van der Waals surface area contributed by atoms with Crippen molar-refractivity contribution in [1.29, 1.82) is 0 Å². The Balaban J connectivity index is 2.84. The first-order valence-corrected chi connectivity index (χ1v) is 5.14. The molecule has 0 amide bonds. The number of hydrogen-bond donors (Lipinski definition) is 1. The molecule has 0 aromatic carbocycles. The zero-order valence-electron chi connectivity index (χ0n) is 9.57. The topological polar surface area (TPSA) is 88.7 Å². The van der Waals surface area contributed by atoms with Gasteiger partial charge < -0.3 is 14.7 Å². The molecule has 94 valence electrons. The van der Waals surface area contributed by atoms with Crippen LogP contribution >= 0.6 is 0 Å². The summed E-state index contributed by atoms with van der Waals surface area (Å²) in [7, 11) is 1.57.